The summed E-state index contributed by atoms with van der Waals surface area (Å²) in [5, 5.41) is 3.63. The first-order valence-electron chi connectivity index (χ1n) is 5.13. The Balaban J connectivity index is 2.65. The average molecular weight is 279 g/mol. The van der Waals surface area contributed by atoms with Gasteiger partial charge in [-0.3, -0.25) is 0 Å². The zero-order chi connectivity index (χ0) is 13.1. The van der Waals surface area contributed by atoms with Crippen molar-refractivity contribution < 1.29 is 13.2 Å². The molecule has 98 valence electrons. The third kappa shape index (κ3) is 4.78. The molecule has 0 saturated carbocycles. The standard InChI is InChI=1S/C9H17N3O3S2/c1-6(2)15-7-8(10)12-16-9(7)11-4-5-17(3,13)14/h6,11H,4-5H2,1-3H3,(H2,10,12). The molecule has 0 unspecified atom stereocenters. The fourth-order valence-electron chi connectivity index (χ4n) is 1.11. The molecule has 6 nitrogen and oxygen atoms in total. The normalized spacial score (nSPS) is 11.8. The molecular formula is C9H17N3O3S2. The van der Waals surface area contributed by atoms with E-state index in [4.69, 9.17) is 10.5 Å². The van der Waals surface area contributed by atoms with Crippen molar-refractivity contribution in [2.45, 2.75) is 20.0 Å². The van der Waals surface area contributed by atoms with Crippen LogP contribution in [0.1, 0.15) is 13.8 Å². The predicted octanol–water partition coefficient (Wildman–Crippen LogP) is 0.969. The molecule has 0 amide bonds. The van der Waals surface area contributed by atoms with Gasteiger partial charge in [0.05, 0.1) is 11.9 Å². The molecular weight excluding hydrogens is 262 g/mol. The van der Waals surface area contributed by atoms with Crippen LogP contribution < -0.4 is 15.8 Å². The smallest absolute Gasteiger partial charge is 0.197 e. The van der Waals surface area contributed by atoms with Gasteiger partial charge in [0.25, 0.3) is 0 Å². The van der Waals surface area contributed by atoms with Crippen LogP contribution in [0.15, 0.2) is 0 Å². The maximum Gasteiger partial charge on any atom is 0.197 e. The first-order chi connectivity index (χ1) is 7.79. The number of sulfone groups is 1. The first-order valence-corrected chi connectivity index (χ1v) is 7.96. The highest BCUT2D eigenvalue weighted by Gasteiger charge is 2.14. The van der Waals surface area contributed by atoms with Crippen molar-refractivity contribution in [1.29, 1.82) is 0 Å². The molecule has 0 aromatic carbocycles. The molecule has 0 aliphatic rings. The molecule has 3 N–H and O–H groups in total. The Labute approximate surface area is 105 Å². The highest BCUT2D eigenvalue weighted by Crippen LogP contribution is 2.35. The lowest BCUT2D eigenvalue weighted by Crippen LogP contribution is -2.14. The SMILES string of the molecule is CC(C)Oc1c(N)nsc1NCCS(C)(=O)=O. The van der Waals surface area contributed by atoms with Crippen LogP contribution in [0, 0.1) is 0 Å². The van der Waals surface area contributed by atoms with Gasteiger partial charge in [0, 0.05) is 12.8 Å². The summed E-state index contributed by atoms with van der Waals surface area (Å²) in [6.45, 7) is 4.09. The maximum atomic E-state index is 11.0. The van der Waals surface area contributed by atoms with Gasteiger partial charge in [-0.25, -0.2) is 8.42 Å². The molecule has 1 rings (SSSR count). The molecule has 0 spiro atoms. The molecule has 17 heavy (non-hydrogen) atoms. The van der Waals surface area contributed by atoms with Crippen molar-refractivity contribution in [1.82, 2.24) is 4.37 Å². The molecule has 0 aliphatic heterocycles. The Bertz CT molecular complexity index is 468. The van der Waals surface area contributed by atoms with Gasteiger partial charge in [0.1, 0.15) is 9.84 Å². The summed E-state index contributed by atoms with van der Waals surface area (Å²) >= 11 is 1.16. The minimum Gasteiger partial charge on any atom is -0.484 e. The molecule has 0 bridgehead atoms. The Morgan fingerprint density at radius 1 is 1.53 bits per heavy atom. The van der Waals surface area contributed by atoms with E-state index in [0.29, 0.717) is 23.1 Å². The van der Waals surface area contributed by atoms with E-state index < -0.39 is 9.84 Å². The quantitative estimate of drug-likeness (QED) is 0.805. The number of nitrogens with zero attached hydrogens (tertiary/aromatic N) is 1. The summed E-state index contributed by atoms with van der Waals surface area (Å²) in [7, 11) is -2.97. The van der Waals surface area contributed by atoms with Gasteiger partial charge in [0.2, 0.25) is 0 Å². The second kappa shape index (κ2) is 5.54. The molecule has 1 heterocycles. The zero-order valence-corrected chi connectivity index (χ0v) is 11.7. The highest BCUT2D eigenvalue weighted by molar-refractivity contribution is 7.90. The Morgan fingerprint density at radius 3 is 2.71 bits per heavy atom. The van der Waals surface area contributed by atoms with Crippen molar-refractivity contribution in [2.75, 3.05) is 29.6 Å². The highest BCUT2D eigenvalue weighted by atomic mass is 32.2. The lowest BCUT2D eigenvalue weighted by Gasteiger charge is -2.11. The van der Waals surface area contributed by atoms with Crippen molar-refractivity contribution in [2.24, 2.45) is 0 Å². The topological polar surface area (TPSA) is 94.3 Å². The molecule has 1 aromatic heterocycles. The summed E-state index contributed by atoms with van der Waals surface area (Å²) in [5.74, 6) is 0.885. The minimum atomic E-state index is -2.97. The average Bonchev–Trinajstić information content (AvgIpc) is 2.47. The van der Waals surface area contributed by atoms with Crippen LogP contribution in [-0.2, 0) is 9.84 Å². The van der Waals surface area contributed by atoms with Crippen molar-refractivity contribution in [3.63, 3.8) is 0 Å². The number of anilines is 2. The van der Waals surface area contributed by atoms with Crippen LogP contribution in [0.3, 0.4) is 0 Å². The van der Waals surface area contributed by atoms with E-state index in [1.807, 2.05) is 13.8 Å². The second-order valence-electron chi connectivity index (χ2n) is 3.95. The number of hydrogen-bond acceptors (Lipinski definition) is 7. The number of hydrogen-bond donors (Lipinski definition) is 2. The molecule has 0 saturated heterocycles. The third-order valence-electron chi connectivity index (χ3n) is 1.79. The second-order valence-corrected chi connectivity index (χ2v) is 6.98. The van der Waals surface area contributed by atoms with E-state index in [2.05, 4.69) is 9.69 Å². The molecule has 0 aliphatic carbocycles. The molecule has 0 radical (unpaired) electrons. The summed E-state index contributed by atoms with van der Waals surface area (Å²) in [6, 6.07) is 0. The van der Waals surface area contributed by atoms with Crippen LogP contribution in [0.2, 0.25) is 0 Å². The summed E-state index contributed by atoms with van der Waals surface area (Å²) in [4.78, 5) is 0. The van der Waals surface area contributed by atoms with Crippen LogP contribution in [0.4, 0.5) is 10.8 Å². The van der Waals surface area contributed by atoms with Gasteiger partial charge in [-0.1, -0.05) is 0 Å². The maximum absolute atomic E-state index is 11.0. The lowest BCUT2D eigenvalue weighted by molar-refractivity contribution is 0.245. The third-order valence-corrected chi connectivity index (χ3v) is 3.53. The molecule has 8 heteroatoms. The van der Waals surface area contributed by atoms with Crippen LogP contribution in [-0.4, -0.2) is 37.4 Å². The van der Waals surface area contributed by atoms with Gasteiger partial charge in [0.15, 0.2) is 16.6 Å². The van der Waals surface area contributed by atoms with E-state index in [1.165, 1.54) is 6.26 Å². The summed E-state index contributed by atoms with van der Waals surface area (Å²) < 4.78 is 31.4. The van der Waals surface area contributed by atoms with E-state index in [0.717, 1.165) is 11.5 Å². The van der Waals surface area contributed by atoms with Crippen molar-refractivity contribution in [3.8, 4) is 5.75 Å². The van der Waals surface area contributed by atoms with Crippen LogP contribution in [0.5, 0.6) is 5.75 Å². The van der Waals surface area contributed by atoms with Crippen LogP contribution >= 0.6 is 11.5 Å². The van der Waals surface area contributed by atoms with Gasteiger partial charge in [-0.15, -0.1) is 0 Å². The molecule has 1 aromatic rings. The number of aromatic nitrogens is 1. The number of ether oxygens (including phenoxy) is 1. The van der Waals surface area contributed by atoms with Gasteiger partial charge in [-0.2, -0.15) is 4.37 Å². The lowest BCUT2D eigenvalue weighted by atomic mass is 10.4. The van der Waals surface area contributed by atoms with Gasteiger partial charge >= 0.3 is 0 Å². The Hall–Kier alpha value is -1.02. The van der Waals surface area contributed by atoms with E-state index >= 15 is 0 Å². The van der Waals surface area contributed by atoms with Crippen molar-refractivity contribution >= 4 is 32.2 Å². The summed E-state index contributed by atoms with van der Waals surface area (Å²) in [6.07, 6.45) is 1.19. The van der Waals surface area contributed by atoms with E-state index in [9.17, 15) is 8.42 Å². The van der Waals surface area contributed by atoms with E-state index in [-0.39, 0.29) is 11.9 Å². The Kier molecular flexibility index (Phi) is 4.58. The van der Waals surface area contributed by atoms with E-state index in [1.54, 1.807) is 0 Å². The number of rotatable bonds is 6. The monoisotopic (exact) mass is 279 g/mol. The minimum absolute atomic E-state index is 0.0100. The zero-order valence-electron chi connectivity index (χ0n) is 10.1. The van der Waals surface area contributed by atoms with Gasteiger partial charge in [-0.05, 0) is 25.4 Å². The van der Waals surface area contributed by atoms with Crippen molar-refractivity contribution in [3.05, 3.63) is 0 Å². The van der Waals surface area contributed by atoms with Gasteiger partial charge < -0.3 is 15.8 Å². The van der Waals surface area contributed by atoms with Crippen LogP contribution in [0.25, 0.3) is 0 Å². The predicted molar refractivity (Wildman–Crippen MR) is 70.5 cm³/mol. The summed E-state index contributed by atoms with van der Waals surface area (Å²) in [5.41, 5.74) is 5.66. The number of nitrogens with two attached hydrogens (primary N) is 1. The fraction of sp³-hybridized carbons (Fsp3) is 0.667. The molecule has 0 fully saturated rings. The largest absolute Gasteiger partial charge is 0.484 e. The number of nitrogens with one attached hydrogen (secondary N) is 1. The fourth-order valence-corrected chi connectivity index (χ4v) is 2.25. The molecule has 0 atom stereocenters. The Morgan fingerprint density at radius 2 is 2.18 bits per heavy atom. The first kappa shape index (κ1) is 14.0. The number of nitrogen functional groups attached to an aromatic ring is 1.